The molecule has 3 unspecified atom stereocenters. The number of rotatable bonds is 2. The molecule has 3 nitrogen and oxygen atoms in total. The van der Waals surface area contributed by atoms with Crippen molar-refractivity contribution in [3.05, 3.63) is 35.4 Å². The fraction of sp³-hybridized carbons (Fsp3) is 0.588. The number of halogens is 1. The summed E-state index contributed by atoms with van der Waals surface area (Å²) in [6.45, 7) is 3.69. The number of carbonyl (C=O) groups excluding carboxylic acids is 1. The third-order valence-corrected chi connectivity index (χ3v) is 4.95. The van der Waals surface area contributed by atoms with Gasteiger partial charge in [-0.3, -0.25) is 4.79 Å². The van der Waals surface area contributed by atoms with E-state index in [2.05, 4.69) is 36.1 Å². The molecule has 1 aromatic carbocycles. The van der Waals surface area contributed by atoms with Crippen molar-refractivity contribution in [1.29, 1.82) is 0 Å². The number of fused-ring (bicyclic) bond motifs is 1. The topological polar surface area (TPSA) is 46.3 Å². The first kappa shape index (κ1) is 16.3. The van der Waals surface area contributed by atoms with E-state index in [0.29, 0.717) is 24.4 Å². The Hall–Kier alpha value is -1.06. The van der Waals surface area contributed by atoms with Crippen LogP contribution >= 0.6 is 12.4 Å². The summed E-state index contributed by atoms with van der Waals surface area (Å²) in [4.78, 5) is 15.0. The third kappa shape index (κ3) is 3.09. The highest BCUT2D eigenvalue weighted by Gasteiger charge is 2.36. The second-order valence-corrected chi connectivity index (χ2v) is 6.32. The van der Waals surface area contributed by atoms with Gasteiger partial charge >= 0.3 is 0 Å². The zero-order valence-corrected chi connectivity index (χ0v) is 13.4. The molecule has 4 heteroatoms. The van der Waals surface area contributed by atoms with Crippen molar-refractivity contribution in [3.63, 3.8) is 0 Å². The zero-order chi connectivity index (χ0) is 14.1. The molecular formula is C17H25ClN2O. The number of hydrogen-bond donors (Lipinski definition) is 1. The van der Waals surface area contributed by atoms with Gasteiger partial charge in [-0.05, 0) is 56.2 Å². The van der Waals surface area contributed by atoms with Crippen molar-refractivity contribution in [2.75, 3.05) is 13.1 Å². The van der Waals surface area contributed by atoms with E-state index in [1.807, 2.05) is 0 Å². The van der Waals surface area contributed by atoms with Crippen molar-refractivity contribution < 1.29 is 4.79 Å². The average Bonchev–Trinajstić information content (AvgIpc) is 2.87. The maximum atomic E-state index is 12.9. The van der Waals surface area contributed by atoms with E-state index in [9.17, 15) is 4.79 Å². The molecule has 0 spiro atoms. The van der Waals surface area contributed by atoms with Crippen molar-refractivity contribution in [2.24, 2.45) is 11.7 Å². The van der Waals surface area contributed by atoms with Crippen LogP contribution in [-0.4, -0.2) is 29.9 Å². The monoisotopic (exact) mass is 308 g/mol. The van der Waals surface area contributed by atoms with E-state index in [1.54, 1.807) is 0 Å². The van der Waals surface area contributed by atoms with Crippen LogP contribution in [-0.2, 0) is 11.2 Å². The number of nitrogens with two attached hydrogens (primary N) is 1. The van der Waals surface area contributed by atoms with Gasteiger partial charge in [0.25, 0.3) is 0 Å². The largest absolute Gasteiger partial charge is 0.339 e. The number of carbonyl (C=O) groups is 1. The van der Waals surface area contributed by atoms with Crippen LogP contribution in [0.5, 0.6) is 0 Å². The lowest BCUT2D eigenvalue weighted by atomic mass is 9.82. The van der Waals surface area contributed by atoms with Crippen molar-refractivity contribution >= 4 is 18.3 Å². The molecule has 1 heterocycles. The van der Waals surface area contributed by atoms with Gasteiger partial charge in [-0.25, -0.2) is 0 Å². The van der Waals surface area contributed by atoms with Gasteiger partial charge in [0, 0.05) is 12.6 Å². The van der Waals surface area contributed by atoms with Gasteiger partial charge < -0.3 is 10.6 Å². The normalized spacial score (nSPS) is 27.9. The van der Waals surface area contributed by atoms with Crippen LogP contribution in [0.2, 0.25) is 0 Å². The highest BCUT2D eigenvalue weighted by atomic mass is 35.5. The van der Waals surface area contributed by atoms with Gasteiger partial charge in [-0.2, -0.15) is 0 Å². The summed E-state index contributed by atoms with van der Waals surface area (Å²) in [5.41, 5.74) is 8.39. The molecule has 1 aromatic rings. The number of hydrogen-bond acceptors (Lipinski definition) is 2. The summed E-state index contributed by atoms with van der Waals surface area (Å²) in [5, 5.41) is 0. The molecule has 0 radical (unpaired) electrons. The molecule has 3 rings (SSSR count). The first-order valence-corrected chi connectivity index (χ1v) is 7.79. The molecule has 2 aliphatic rings. The minimum absolute atomic E-state index is 0. The van der Waals surface area contributed by atoms with Crippen LogP contribution < -0.4 is 5.73 Å². The molecule has 1 aliphatic carbocycles. The van der Waals surface area contributed by atoms with E-state index in [-0.39, 0.29) is 18.3 Å². The molecule has 2 N–H and O–H groups in total. The van der Waals surface area contributed by atoms with Crippen LogP contribution in [0.1, 0.15) is 43.2 Å². The van der Waals surface area contributed by atoms with Crippen LogP contribution in [0.3, 0.4) is 0 Å². The summed E-state index contributed by atoms with van der Waals surface area (Å²) in [6, 6.07) is 8.78. The molecule has 1 aliphatic heterocycles. The lowest BCUT2D eigenvalue weighted by Crippen LogP contribution is -2.39. The Labute approximate surface area is 133 Å². The number of amides is 1. The summed E-state index contributed by atoms with van der Waals surface area (Å²) in [6.07, 6.45) is 4.28. The molecule has 1 fully saturated rings. The van der Waals surface area contributed by atoms with Crippen LogP contribution in [0, 0.1) is 5.92 Å². The van der Waals surface area contributed by atoms with E-state index in [1.165, 1.54) is 11.1 Å². The summed E-state index contributed by atoms with van der Waals surface area (Å²) in [5.74, 6) is 0.868. The van der Waals surface area contributed by atoms with E-state index < -0.39 is 0 Å². The van der Waals surface area contributed by atoms with Gasteiger partial charge in [0.1, 0.15) is 0 Å². The van der Waals surface area contributed by atoms with Crippen LogP contribution in [0.4, 0.5) is 0 Å². The van der Waals surface area contributed by atoms with Gasteiger partial charge in [-0.1, -0.05) is 24.3 Å². The molecule has 116 valence electrons. The highest BCUT2D eigenvalue weighted by molar-refractivity contribution is 5.85. The Bertz CT molecular complexity index is 505. The number of likely N-dealkylation sites (tertiary alicyclic amines) is 1. The molecule has 3 atom stereocenters. The summed E-state index contributed by atoms with van der Waals surface area (Å²) in [7, 11) is 0. The first-order valence-electron chi connectivity index (χ1n) is 7.79. The lowest BCUT2D eigenvalue weighted by Gasteiger charge is -2.30. The predicted molar refractivity (Wildman–Crippen MR) is 87.7 cm³/mol. The van der Waals surface area contributed by atoms with Gasteiger partial charge in [0.15, 0.2) is 0 Å². The number of aryl methyl sites for hydroxylation is 1. The number of benzene rings is 1. The van der Waals surface area contributed by atoms with E-state index in [4.69, 9.17) is 5.73 Å². The molecular weight excluding hydrogens is 284 g/mol. The highest BCUT2D eigenvalue weighted by Crippen LogP contribution is 2.35. The van der Waals surface area contributed by atoms with Gasteiger partial charge in [0.2, 0.25) is 5.91 Å². The van der Waals surface area contributed by atoms with Crippen molar-refractivity contribution in [1.82, 2.24) is 4.90 Å². The van der Waals surface area contributed by atoms with Crippen LogP contribution in [0.25, 0.3) is 0 Å². The van der Waals surface area contributed by atoms with Gasteiger partial charge in [0.05, 0.1) is 5.92 Å². The second-order valence-electron chi connectivity index (χ2n) is 6.32. The maximum Gasteiger partial charge on any atom is 0.230 e. The maximum absolute atomic E-state index is 12.9. The number of nitrogens with zero attached hydrogens (tertiary/aromatic N) is 1. The molecule has 0 aromatic heterocycles. The smallest absolute Gasteiger partial charge is 0.230 e. The molecule has 0 saturated carbocycles. The Morgan fingerprint density at radius 1 is 1.38 bits per heavy atom. The van der Waals surface area contributed by atoms with Crippen molar-refractivity contribution in [2.45, 2.75) is 44.6 Å². The van der Waals surface area contributed by atoms with Crippen LogP contribution in [0.15, 0.2) is 24.3 Å². The molecule has 21 heavy (non-hydrogen) atoms. The predicted octanol–water partition coefficient (Wildman–Crippen LogP) is 2.72. The Morgan fingerprint density at radius 2 is 2.14 bits per heavy atom. The summed E-state index contributed by atoms with van der Waals surface area (Å²) >= 11 is 0. The SMILES string of the molecule is CC1CC(CN)CN1C(=O)C1CCCc2ccccc21.Cl. The Balaban J connectivity index is 0.00000161. The van der Waals surface area contributed by atoms with E-state index in [0.717, 1.165) is 32.2 Å². The minimum atomic E-state index is 0. The Morgan fingerprint density at radius 3 is 2.86 bits per heavy atom. The quantitative estimate of drug-likeness (QED) is 0.913. The Kier molecular flexibility index (Phi) is 5.28. The standard InChI is InChI=1S/C17H24N2O.ClH/c1-12-9-13(10-18)11-19(12)17(20)16-8-4-6-14-5-2-3-7-15(14)16;/h2-3,5,7,12-13,16H,4,6,8-11,18H2,1H3;1H. The van der Waals surface area contributed by atoms with E-state index >= 15 is 0 Å². The molecule has 1 saturated heterocycles. The summed E-state index contributed by atoms with van der Waals surface area (Å²) < 4.78 is 0. The zero-order valence-electron chi connectivity index (χ0n) is 12.6. The van der Waals surface area contributed by atoms with Gasteiger partial charge in [-0.15, -0.1) is 12.4 Å². The fourth-order valence-corrected chi connectivity index (χ4v) is 3.83. The fourth-order valence-electron chi connectivity index (χ4n) is 3.83. The third-order valence-electron chi connectivity index (χ3n) is 4.95. The average molecular weight is 309 g/mol. The first-order chi connectivity index (χ1) is 9.70. The minimum Gasteiger partial charge on any atom is -0.339 e. The second kappa shape index (κ2) is 6.80. The molecule has 1 amide bonds. The lowest BCUT2D eigenvalue weighted by molar-refractivity contribution is -0.133. The molecule has 0 bridgehead atoms. The van der Waals surface area contributed by atoms with Crippen molar-refractivity contribution in [3.8, 4) is 0 Å².